The molecule has 4 aromatic rings. The van der Waals surface area contributed by atoms with Crippen LogP contribution in [-0.2, 0) is 46.6 Å². The molecule has 0 radical (unpaired) electrons. The molecule has 0 saturated heterocycles. The second kappa shape index (κ2) is 26.5. The summed E-state index contributed by atoms with van der Waals surface area (Å²) in [7, 11) is -10.7. The van der Waals surface area contributed by atoms with Gasteiger partial charge in [0.05, 0.1) is 31.0 Å². The maximum atomic E-state index is 12.2. The minimum atomic E-state index is -5.35. The summed E-state index contributed by atoms with van der Waals surface area (Å²) in [4.78, 5) is 41.3. The molecule has 30 heteroatoms. The molecule has 4 aromatic carbocycles. The summed E-state index contributed by atoms with van der Waals surface area (Å²) >= 11 is 0. The zero-order valence-electron chi connectivity index (χ0n) is 32.4. The molecule has 2 amide bonds. The zero-order chi connectivity index (χ0) is 43.5. The average Bonchev–Trinajstić information content (AvgIpc) is 3.12. The van der Waals surface area contributed by atoms with Crippen LogP contribution in [-0.4, -0.2) is 47.6 Å². The summed E-state index contributed by atoms with van der Waals surface area (Å²) in [5.74, 6) is -6.58. The number of benzene rings is 4. The normalized spacial score (nSPS) is 11.7. The van der Waals surface area contributed by atoms with Gasteiger partial charge < -0.3 is 40.2 Å². The SMILES string of the molecule is C/C([O-])=C(/N=Nc1cc([N+](=O)[O-])cc(S(=O)(=O)[O-])c1[O-])C(=O)Nc1ccccc1.C/C([O-])=C(\N=Nc1cc([N+](=O)[O-])cc(S(=O)(=O)[O-])c1[O-])C(=O)Nc1ccccc1.[Co+3].[Na+].[Na+].[Na+]. The van der Waals surface area contributed by atoms with Crippen LogP contribution in [0.25, 0.3) is 0 Å². The number of nitro benzene ring substituents is 2. The molecule has 0 spiro atoms. The number of azo groups is 2. The van der Waals surface area contributed by atoms with Crippen molar-refractivity contribution in [2.45, 2.75) is 23.6 Å². The molecule has 0 aliphatic rings. The van der Waals surface area contributed by atoms with Crippen LogP contribution in [0.1, 0.15) is 13.8 Å². The first-order chi connectivity index (χ1) is 27.0. The Morgan fingerprint density at radius 1 is 0.581 bits per heavy atom. The third-order valence-electron chi connectivity index (χ3n) is 6.68. The van der Waals surface area contributed by atoms with Crippen LogP contribution in [0.15, 0.2) is 138 Å². The van der Waals surface area contributed by atoms with Crippen molar-refractivity contribution in [3.8, 4) is 11.5 Å². The van der Waals surface area contributed by atoms with Crippen molar-refractivity contribution in [1.29, 1.82) is 0 Å². The number of hydrogen-bond donors (Lipinski definition) is 2. The van der Waals surface area contributed by atoms with Crippen molar-refractivity contribution < 1.29 is 171 Å². The molecule has 0 atom stereocenters. The van der Waals surface area contributed by atoms with Gasteiger partial charge in [0.1, 0.15) is 31.6 Å². The van der Waals surface area contributed by atoms with Crippen LogP contribution < -0.4 is 120 Å². The first-order valence-electron chi connectivity index (χ1n) is 15.2. The fourth-order valence-corrected chi connectivity index (χ4v) is 5.25. The number of amides is 2. The fourth-order valence-electron chi connectivity index (χ4n) is 4.06. The van der Waals surface area contributed by atoms with Crippen molar-refractivity contribution in [2.24, 2.45) is 20.5 Å². The van der Waals surface area contributed by atoms with E-state index in [1.807, 2.05) is 0 Å². The first-order valence-corrected chi connectivity index (χ1v) is 18.1. The summed E-state index contributed by atoms with van der Waals surface area (Å²) in [5.41, 5.74) is -4.49. The van der Waals surface area contributed by atoms with E-state index in [-0.39, 0.29) is 105 Å². The van der Waals surface area contributed by atoms with Crippen molar-refractivity contribution in [2.75, 3.05) is 10.6 Å². The number of rotatable bonds is 12. The van der Waals surface area contributed by atoms with Gasteiger partial charge >= 0.3 is 105 Å². The van der Waals surface area contributed by atoms with Gasteiger partial charge in [-0.15, -0.1) is 21.7 Å². The molecule has 0 aromatic heterocycles. The van der Waals surface area contributed by atoms with E-state index in [1.165, 1.54) is 24.3 Å². The Bertz CT molecular complexity index is 2450. The molecule has 0 unspecified atom stereocenters. The average molecular weight is 967 g/mol. The number of anilines is 2. The quantitative estimate of drug-likeness (QED) is 0.0253. The third-order valence-corrected chi connectivity index (χ3v) is 8.36. The number of nitrogens with one attached hydrogen (secondary N) is 2. The summed E-state index contributed by atoms with van der Waals surface area (Å²) < 4.78 is 67.0. The van der Waals surface area contributed by atoms with E-state index in [2.05, 4.69) is 31.1 Å². The molecule has 0 aliphatic carbocycles. The van der Waals surface area contributed by atoms with Crippen molar-refractivity contribution >= 4 is 66.2 Å². The molecule has 0 bridgehead atoms. The topological polar surface area (TPSA) is 401 Å². The molecule has 310 valence electrons. The van der Waals surface area contributed by atoms with E-state index in [1.54, 1.807) is 36.4 Å². The minimum Gasteiger partial charge on any atom is -0.874 e. The fraction of sp³-hybridized carbons (Fsp3) is 0.0625. The van der Waals surface area contributed by atoms with Gasteiger partial charge in [0.2, 0.25) is 0 Å². The number of nitrogens with zero attached hydrogens (tertiary/aromatic N) is 6. The van der Waals surface area contributed by atoms with Gasteiger partial charge in [-0.05, 0) is 24.3 Å². The number of carbonyl (C=O) groups is 2. The number of carbonyl (C=O) groups excluding carboxylic acids is 2. The summed E-state index contributed by atoms with van der Waals surface area (Å²) in [6.45, 7) is 1.97. The predicted octanol–water partition coefficient (Wildman–Crippen LogP) is -7.22. The largest absolute Gasteiger partial charge is 3.00 e. The molecule has 4 rings (SSSR count). The van der Waals surface area contributed by atoms with Gasteiger partial charge in [-0.1, -0.05) is 61.7 Å². The molecular weight excluding hydrogens is 944 g/mol. The number of para-hydroxylation sites is 2. The van der Waals surface area contributed by atoms with E-state index in [0.29, 0.717) is 35.6 Å². The predicted molar refractivity (Wildman–Crippen MR) is 186 cm³/mol. The maximum Gasteiger partial charge on any atom is 3.00 e. The Morgan fingerprint density at radius 3 is 1.11 bits per heavy atom. The molecule has 2 N–H and O–H groups in total. The minimum absolute atomic E-state index is 0. The van der Waals surface area contributed by atoms with Gasteiger partial charge in [0.15, 0.2) is 0 Å². The molecule has 0 heterocycles. The van der Waals surface area contributed by atoms with Crippen LogP contribution >= 0.6 is 0 Å². The van der Waals surface area contributed by atoms with E-state index < -0.39 is 109 Å². The molecular formula is C32H22CoN8Na3O16S2. The molecule has 24 nitrogen and oxygen atoms in total. The summed E-state index contributed by atoms with van der Waals surface area (Å²) in [5, 5.41) is 87.4. The van der Waals surface area contributed by atoms with Crippen molar-refractivity contribution in [3.63, 3.8) is 0 Å². The zero-order valence-corrected chi connectivity index (χ0v) is 41.1. The van der Waals surface area contributed by atoms with Gasteiger partial charge in [-0.2, -0.15) is 10.2 Å². The Balaban J connectivity index is 0. The van der Waals surface area contributed by atoms with Gasteiger partial charge in [0, 0.05) is 35.6 Å². The van der Waals surface area contributed by atoms with E-state index in [0.717, 1.165) is 13.8 Å². The van der Waals surface area contributed by atoms with E-state index in [4.69, 9.17) is 0 Å². The molecule has 0 aliphatic heterocycles. The van der Waals surface area contributed by atoms with Crippen LogP contribution in [0.5, 0.6) is 11.5 Å². The Hall–Kier alpha value is -4.17. The Labute approximate surface area is 427 Å². The summed E-state index contributed by atoms with van der Waals surface area (Å²) in [6.07, 6.45) is 0. The second-order valence-electron chi connectivity index (χ2n) is 10.9. The van der Waals surface area contributed by atoms with E-state index >= 15 is 0 Å². The Morgan fingerprint density at radius 2 is 0.871 bits per heavy atom. The third kappa shape index (κ3) is 17.5. The van der Waals surface area contributed by atoms with Crippen LogP contribution in [0.2, 0.25) is 0 Å². The van der Waals surface area contributed by atoms with E-state index in [9.17, 15) is 76.2 Å². The summed E-state index contributed by atoms with van der Waals surface area (Å²) in [6, 6.07) is 17.6. The smallest absolute Gasteiger partial charge is 0.874 e. The number of nitro groups is 2. The van der Waals surface area contributed by atoms with Crippen molar-refractivity contribution in [1.82, 2.24) is 0 Å². The Kier molecular flexibility index (Phi) is 25.6. The van der Waals surface area contributed by atoms with Gasteiger partial charge in [-0.3, -0.25) is 29.8 Å². The van der Waals surface area contributed by atoms with Gasteiger partial charge in [-0.25, -0.2) is 16.8 Å². The number of allylic oxidation sites excluding steroid dienone is 2. The maximum absolute atomic E-state index is 12.2. The van der Waals surface area contributed by atoms with Crippen LogP contribution in [0, 0.1) is 20.2 Å². The first kappa shape index (κ1) is 59.9. The number of non-ortho nitro benzene ring substituents is 2. The molecule has 62 heavy (non-hydrogen) atoms. The van der Waals surface area contributed by atoms with Crippen molar-refractivity contribution in [3.05, 3.63) is 128 Å². The molecule has 0 fully saturated rings. The number of hydrogen-bond acceptors (Lipinski definition) is 20. The van der Waals surface area contributed by atoms with Crippen LogP contribution in [0.4, 0.5) is 34.1 Å². The monoisotopic (exact) mass is 966 g/mol. The standard InChI is InChI=1S/2C16H14N4O8S.Co.3Na/c2*1-9(21)14(16(23)17-10-5-3-2-4-6-10)19-18-12-7-11(20(24)25)8-13(15(12)22)29(26,27)28;;;;/h2*2-8,21-22H,1H3,(H,17,23)(H,26,27,28);;;;/q;;+3;3*+1/p-6/b14-9+,19-18?;14-9-,19-18?;;;;. The van der Waals surface area contributed by atoms with Gasteiger partial charge in [0.25, 0.3) is 23.2 Å². The molecule has 0 saturated carbocycles. The van der Waals surface area contributed by atoms with Crippen LogP contribution in [0.3, 0.4) is 0 Å². The second-order valence-corrected chi connectivity index (χ2v) is 13.6.